The van der Waals surface area contributed by atoms with Gasteiger partial charge in [-0.05, 0) is 59.9 Å². The summed E-state index contributed by atoms with van der Waals surface area (Å²) in [5, 5.41) is 21.3. The van der Waals surface area contributed by atoms with Crippen molar-refractivity contribution in [3.05, 3.63) is 99.8 Å². The predicted octanol–water partition coefficient (Wildman–Crippen LogP) is 6.52. The van der Waals surface area contributed by atoms with E-state index in [-0.39, 0.29) is 23.9 Å². The summed E-state index contributed by atoms with van der Waals surface area (Å²) in [6.45, 7) is 2.55. The molecule has 0 saturated heterocycles. The van der Waals surface area contributed by atoms with Gasteiger partial charge in [0.05, 0.1) is 17.5 Å². The zero-order chi connectivity index (χ0) is 27.1. The van der Waals surface area contributed by atoms with E-state index in [9.17, 15) is 23.5 Å². The highest BCUT2D eigenvalue weighted by molar-refractivity contribution is 5.88. The lowest BCUT2D eigenvalue weighted by atomic mass is 9.89. The van der Waals surface area contributed by atoms with Gasteiger partial charge in [-0.2, -0.15) is 14.0 Å². The molecule has 0 radical (unpaired) electrons. The fourth-order valence-corrected chi connectivity index (χ4v) is 4.85. The number of alkyl halides is 2. The Bertz CT molecular complexity index is 1620. The van der Waals surface area contributed by atoms with Gasteiger partial charge in [0.25, 0.3) is 0 Å². The number of aliphatic hydroxyl groups is 1. The Balaban J connectivity index is 1.64. The molecule has 38 heavy (non-hydrogen) atoms. The Hall–Kier alpha value is -4.29. The fraction of sp³-hybridized carbons (Fsp3) is 0.241. The largest absolute Gasteiger partial charge is 0.488 e. The number of ether oxygens (including phenoxy) is 2. The molecule has 194 valence electrons. The molecule has 0 fully saturated rings. The van der Waals surface area contributed by atoms with Crippen molar-refractivity contribution in [1.82, 2.24) is 9.38 Å². The van der Waals surface area contributed by atoms with Crippen LogP contribution in [0.1, 0.15) is 66.4 Å². The van der Waals surface area contributed by atoms with E-state index in [0.717, 1.165) is 5.56 Å². The maximum atomic E-state index is 14.0. The van der Waals surface area contributed by atoms with Gasteiger partial charge in [0.1, 0.15) is 24.3 Å². The van der Waals surface area contributed by atoms with Crippen molar-refractivity contribution in [1.29, 1.82) is 5.26 Å². The van der Waals surface area contributed by atoms with E-state index in [1.54, 1.807) is 47.9 Å². The van der Waals surface area contributed by atoms with Crippen LogP contribution in [0.2, 0.25) is 0 Å². The molecule has 0 saturated carbocycles. The van der Waals surface area contributed by atoms with Crippen LogP contribution in [0.4, 0.5) is 13.2 Å². The number of aliphatic hydroxyl groups excluding tert-OH is 1. The highest BCUT2D eigenvalue weighted by Crippen LogP contribution is 2.41. The number of halogens is 3. The van der Waals surface area contributed by atoms with Crippen molar-refractivity contribution in [2.75, 3.05) is 0 Å². The smallest absolute Gasteiger partial charge is 0.387 e. The van der Waals surface area contributed by atoms with Gasteiger partial charge in [0.15, 0.2) is 11.4 Å². The molecule has 1 atom stereocenters. The SMILES string of the molecule is C/C(C#N)=C1\c2ccc(C(O)c3c(C(C)C)nc4c(OC(F)F)cccn34)cc2COc2cc(F)ccc21. The monoisotopic (exact) mass is 519 g/mol. The summed E-state index contributed by atoms with van der Waals surface area (Å²) in [6.07, 6.45) is 0.474. The van der Waals surface area contributed by atoms with Crippen LogP contribution in [0.5, 0.6) is 11.5 Å². The topological polar surface area (TPSA) is 79.8 Å². The van der Waals surface area contributed by atoms with E-state index in [2.05, 4.69) is 15.8 Å². The van der Waals surface area contributed by atoms with Crippen LogP contribution < -0.4 is 9.47 Å². The summed E-state index contributed by atoms with van der Waals surface area (Å²) in [7, 11) is 0. The number of benzene rings is 2. The number of nitrogens with zero attached hydrogens (tertiary/aromatic N) is 3. The first-order valence-electron chi connectivity index (χ1n) is 12.0. The first-order valence-corrected chi connectivity index (χ1v) is 12.0. The third-order valence-corrected chi connectivity index (χ3v) is 6.55. The van der Waals surface area contributed by atoms with Crippen LogP contribution in [0.3, 0.4) is 0 Å². The molecular formula is C29H24F3N3O3. The predicted molar refractivity (Wildman–Crippen MR) is 134 cm³/mol. The van der Waals surface area contributed by atoms with E-state index in [4.69, 9.17) is 4.74 Å². The molecule has 0 bridgehead atoms. The molecule has 2 aromatic carbocycles. The second-order valence-electron chi connectivity index (χ2n) is 9.34. The second kappa shape index (κ2) is 9.88. The molecule has 0 aliphatic carbocycles. The molecule has 1 N–H and O–H groups in total. The van der Waals surface area contributed by atoms with Gasteiger partial charge in [-0.25, -0.2) is 9.37 Å². The number of aromatic nitrogens is 2. The van der Waals surface area contributed by atoms with Crippen molar-refractivity contribution >= 4 is 11.2 Å². The Morgan fingerprint density at radius 1 is 1.16 bits per heavy atom. The Kier molecular flexibility index (Phi) is 6.59. The number of allylic oxidation sites excluding steroid dienone is 1. The third-order valence-electron chi connectivity index (χ3n) is 6.55. The van der Waals surface area contributed by atoms with E-state index >= 15 is 0 Å². The van der Waals surface area contributed by atoms with E-state index in [0.29, 0.717) is 45.0 Å². The summed E-state index contributed by atoms with van der Waals surface area (Å²) in [5.74, 6) is -0.350. The first kappa shape index (κ1) is 25.4. The number of hydrogen-bond acceptors (Lipinski definition) is 5. The molecule has 1 aliphatic heterocycles. The van der Waals surface area contributed by atoms with Crippen LogP contribution in [0, 0.1) is 17.1 Å². The van der Waals surface area contributed by atoms with Crippen molar-refractivity contribution in [2.24, 2.45) is 0 Å². The lowest BCUT2D eigenvalue weighted by Gasteiger charge is -2.18. The van der Waals surface area contributed by atoms with Crippen LogP contribution in [-0.2, 0) is 6.61 Å². The summed E-state index contributed by atoms with van der Waals surface area (Å²) >= 11 is 0. The lowest BCUT2D eigenvalue weighted by Crippen LogP contribution is -2.09. The Morgan fingerprint density at radius 2 is 1.92 bits per heavy atom. The molecule has 0 amide bonds. The number of pyridine rings is 1. The second-order valence-corrected chi connectivity index (χ2v) is 9.34. The zero-order valence-corrected chi connectivity index (χ0v) is 20.9. The van der Waals surface area contributed by atoms with Crippen LogP contribution in [-0.4, -0.2) is 21.1 Å². The molecule has 5 rings (SSSR count). The van der Waals surface area contributed by atoms with Gasteiger partial charge in [0.2, 0.25) is 0 Å². The molecule has 0 spiro atoms. The lowest BCUT2D eigenvalue weighted by molar-refractivity contribution is -0.0491. The quantitative estimate of drug-likeness (QED) is 0.304. The first-order chi connectivity index (χ1) is 18.2. The average Bonchev–Trinajstić information content (AvgIpc) is 3.21. The van der Waals surface area contributed by atoms with Gasteiger partial charge in [0, 0.05) is 29.0 Å². The van der Waals surface area contributed by atoms with Crippen LogP contribution in [0.25, 0.3) is 11.2 Å². The fourth-order valence-electron chi connectivity index (χ4n) is 4.85. The van der Waals surface area contributed by atoms with E-state index in [1.807, 2.05) is 13.8 Å². The number of fused-ring (bicyclic) bond motifs is 3. The molecular weight excluding hydrogens is 495 g/mol. The average molecular weight is 520 g/mol. The number of hydrogen-bond donors (Lipinski definition) is 1. The van der Waals surface area contributed by atoms with Crippen molar-refractivity contribution < 1.29 is 27.8 Å². The third kappa shape index (κ3) is 4.37. The Morgan fingerprint density at radius 3 is 2.63 bits per heavy atom. The summed E-state index contributed by atoms with van der Waals surface area (Å²) in [6, 6.07) is 14.6. The number of imidazole rings is 1. The summed E-state index contributed by atoms with van der Waals surface area (Å²) in [5.41, 5.74) is 4.77. The maximum absolute atomic E-state index is 14.0. The molecule has 3 heterocycles. The maximum Gasteiger partial charge on any atom is 0.387 e. The molecule has 6 nitrogen and oxygen atoms in total. The van der Waals surface area contributed by atoms with Gasteiger partial charge < -0.3 is 14.6 Å². The van der Waals surface area contributed by atoms with Crippen LogP contribution >= 0.6 is 0 Å². The molecule has 2 aromatic heterocycles. The Labute approximate surface area is 217 Å². The summed E-state index contributed by atoms with van der Waals surface area (Å²) in [4.78, 5) is 4.54. The molecule has 1 unspecified atom stereocenters. The highest BCUT2D eigenvalue weighted by atomic mass is 19.3. The zero-order valence-electron chi connectivity index (χ0n) is 20.9. The highest BCUT2D eigenvalue weighted by Gasteiger charge is 2.27. The van der Waals surface area contributed by atoms with E-state index in [1.165, 1.54) is 18.2 Å². The molecule has 1 aliphatic rings. The minimum Gasteiger partial charge on any atom is -0.488 e. The number of rotatable bonds is 5. The van der Waals surface area contributed by atoms with Gasteiger partial charge in [-0.15, -0.1) is 0 Å². The van der Waals surface area contributed by atoms with Gasteiger partial charge in [-0.3, -0.25) is 4.40 Å². The summed E-state index contributed by atoms with van der Waals surface area (Å²) < 4.78 is 52.1. The van der Waals surface area contributed by atoms with E-state index < -0.39 is 18.5 Å². The minimum atomic E-state index is -3.02. The van der Waals surface area contributed by atoms with Crippen molar-refractivity contribution in [3.63, 3.8) is 0 Å². The van der Waals surface area contributed by atoms with Gasteiger partial charge >= 0.3 is 6.61 Å². The number of nitriles is 1. The standard InChI is InChI=1S/C29H24F3N3O3/c1-15(2)25-26(35-10-4-5-22(28(35)34-25)38-29(31)32)27(36)17-6-8-20-18(11-17)14-37-23-12-19(30)7-9-21(23)24(20)16(3)13-33/h4-12,15,27,29,36H,14H2,1-3H3/b24-16-. The molecule has 9 heteroatoms. The van der Waals surface area contributed by atoms with Crippen molar-refractivity contribution in [2.45, 2.75) is 46.0 Å². The minimum absolute atomic E-state index is 0.0884. The van der Waals surface area contributed by atoms with Gasteiger partial charge in [-0.1, -0.05) is 26.0 Å². The normalized spacial score (nSPS) is 14.9. The van der Waals surface area contributed by atoms with Crippen LogP contribution in [0.15, 0.2) is 60.3 Å². The van der Waals surface area contributed by atoms with Crippen molar-refractivity contribution in [3.8, 4) is 17.6 Å². The molecule has 4 aromatic rings.